The molecule has 0 fully saturated rings. The van der Waals surface area contributed by atoms with E-state index >= 15 is 0 Å². The number of hydrogen-bond donors (Lipinski definition) is 2. The van der Waals surface area contributed by atoms with Gasteiger partial charge in [0.05, 0.1) is 12.7 Å². The van der Waals surface area contributed by atoms with Crippen molar-refractivity contribution < 1.29 is 41.3 Å². The number of methoxy groups -OCH3 is 1. The number of alkyl halides is 3. The van der Waals surface area contributed by atoms with E-state index in [1.54, 1.807) is 13.0 Å². The molecular weight excluding hydrogens is 497 g/mol. The summed E-state index contributed by atoms with van der Waals surface area (Å²) in [5.74, 6) is -1.88. The smallest absolute Gasteiger partial charge is 0.416 e. The van der Waals surface area contributed by atoms with Crippen LogP contribution in [-0.4, -0.2) is 31.3 Å². The zero-order chi connectivity index (χ0) is 27.2. The zero-order valence-electron chi connectivity index (χ0n) is 20.2. The summed E-state index contributed by atoms with van der Waals surface area (Å²) >= 11 is 0. The van der Waals surface area contributed by atoms with Gasteiger partial charge in [0, 0.05) is 25.1 Å². The van der Waals surface area contributed by atoms with E-state index in [0.29, 0.717) is 16.9 Å². The summed E-state index contributed by atoms with van der Waals surface area (Å²) in [6.07, 6.45) is -5.06. The van der Waals surface area contributed by atoms with Crippen LogP contribution in [0.4, 0.5) is 22.0 Å². The summed E-state index contributed by atoms with van der Waals surface area (Å²) in [5.41, 5.74) is 0.226. The van der Waals surface area contributed by atoms with E-state index in [9.17, 15) is 26.7 Å². The molecule has 0 aliphatic carbocycles. The standard InChI is InChI=1S/C27H26F5NO4/c1-16(19-11-22(28)15-23(12-19)36-2)33-7-8-37-24-13-20(10-21(14-24)27(30,31)32)17-3-5-25(29)18(9-17)4-6-26(34)35/h3,5,9-16,33H,4,6-8H2,1-2H3,(H,34,35). The minimum absolute atomic E-state index is 0.0187. The fraction of sp³-hybridized carbons (Fsp3) is 0.296. The molecule has 0 amide bonds. The van der Waals surface area contributed by atoms with Crippen LogP contribution in [0.25, 0.3) is 11.1 Å². The van der Waals surface area contributed by atoms with Gasteiger partial charge in [-0.15, -0.1) is 0 Å². The van der Waals surface area contributed by atoms with Gasteiger partial charge >= 0.3 is 12.1 Å². The van der Waals surface area contributed by atoms with E-state index in [2.05, 4.69) is 5.32 Å². The Morgan fingerprint density at radius 1 is 1.00 bits per heavy atom. The SMILES string of the molecule is COc1cc(F)cc(C(C)NCCOc2cc(-c3ccc(F)c(CCC(=O)O)c3)cc(C(F)(F)F)c2)c1. The van der Waals surface area contributed by atoms with Crippen molar-refractivity contribution >= 4 is 5.97 Å². The summed E-state index contributed by atoms with van der Waals surface area (Å²) < 4.78 is 79.2. The highest BCUT2D eigenvalue weighted by atomic mass is 19.4. The van der Waals surface area contributed by atoms with Gasteiger partial charge < -0.3 is 19.9 Å². The second-order valence-corrected chi connectivity index (χ2v) is 8.39. The third-order valence-electron chi connectivity index (χ3n) is 5.67. The molecule has 1 unspecified atom stereocenters. The molecule has 0 heterocycles. The predicted molar refractivity (Wildman–Crippen MR) is 128 cm³/mol. The van der Waals surface area contributed by atoms with Gasteiger partial charge in [0.25, 0.3) is 0 Å². The Hall–Kier alpha value is -3.66. The predicted octanol–water partition coefficient (Wildman–Crippen LogP) is 6.41. The Morgan fingerprint density at radius 3 is 2.43 bits per heavy atom. The van der Waals surface area contributed by atoms with Crippen LogP contribution in [0, 0.1) is 11.6 Å². The van der Waals surface area contributed by atoms with Crippen molar-refractivity contribution in [2.75, 3.05) is 20.3 Å². The molecule has 198 valence electrons. The average Bonchev–Trinajstić information content (AvgIpc) is 2.84. The molecule has 0 saturated heterocycles. The Morgan fingerprint density at radius 2 is 1.76 bits per heavy atom. The molecule has 3 aromatic rings. The Labute approximate surface area is 210 Å². The normalized spacial score (nSPS) is 12.3. The molecule has 3 aromatic carbocycles. The molecule has 1 atom stereocenters. The van der Waals surface area contributed by atoms with Crippen molar-refractivity contribution in [3.8, 4) is 22.6 Å². The van der Waals surface area contributed by atoms with Crippen LogP contribution in [0.1, 0.15) is 36.1 Å². The average molecular weight is 523 g/mol. The number of carboxylic acids is 1. The summed E-state index contributed by atoms with van der Waals surface area (Å²) in [4.78, 5) is 10.8. The summed E-state index contributed by atoms with van der Waals surface area (Å²) in [6, 6.07) is 11.0. The van der Waals surface area contributed by atoms with E-state index in [-0.39, 0.29) is 48.9 Å². The fourth-order valence-corrected chi connectivity index (χ4v) is 3.71. The number of aliphatic carboxylic acids is 1. The number of aryl methyl sites for hydroxylation is 1. The molecule has 0 saturated carbocycles. The zero-order valence-corrected chi connectivity index (χ0v) is 20.2. The fourth-order valence-electron chi connectivity index (χ4n) is 3.71. The van der Waals surface area contributed by atoms with Gasteiger partial charge in [-0.25, -0.2) is 8.78 Å². The highest BCUT2D eigenvalue weighted by Crippen LogP contribution is 2.36. The molecule has 0 aliphatic heterocycles. The second kappa shape index (κ2) is 12.1. The number of nitrogens with one attached hydrogen (secondary N) is 1. The molecule has 3 rings (SSSR count). The van der Waals surface area contributed by atoms with Crippen LogP contribution in [0.2, 0.25) is 0 Å². The first kappa shape index (κ1) is 27.9. The third kappa shape index (κ3) is 7.91. The highest BCUT2D eigenvalue weighted by Gasteiger charge is 2.31. The first-order valence-electron chi connectivity index (χ1n) is 11.4. The first-order valence-corrected chi connectivity index (χ1v) is 11.4. The number of hydrogen-bond acceptors (Lipinski definition) is 4. The minimum Gasteiger partial charge on any atom is -0.497 e. The maximum atomic E-state index is 14.1. The van der Waals surface area contributed by atoms with Crippen LogP contribution in [0.3, 0.4) is 0 Å². The maximum Gasteiger partial charge on any atom is 0.416 e. The molecule has 37 heavy (non-hydrogen) atoms. The largest absolute Gasteiger partial charge is 0.497 e. The van der Waals surface area contributed by atoms with E-state index in [0.717, 1.165) is 18.2 Å². The molecule has 0 spiro atoms. The van der Waals surface area contributed by atoms with Crippen molar-refractivity contribution in [3.05, 3.63) is 82.9 Å². The summed E-state index contributed by atoms with van der Waals surface area (Å²) in [7, 11) is 1.43. The number of ether oxygens (including phenoxy) is 2. The van der Waals surface area contributed by atoms with Crippen LogP contribution in [0.5, 0.6) is 11.5 Å². The molecule has 0 aliphatic rings. The summed E-state index contributed by atoms with van der Waals surface area (Å²) in [5, 5.41) is 12.0. The Bertz CT molecular complexity index is 1250. The van der Waals surface area contributed by atoms with Gasteiger partial charge in [-0.2, -0.15) is 13.2 Å². The van der Waals surface area contributed by atoms with Crippen LogP contribution in [-0.2, 0) is 17.4 Å². The van der Waals surface area contributed by atoms with Gasteiger partial charge in [0.2, 0.25) is 0 Å². The Kier molecular flexibility index (Phi) is 9.09. The lowest BCUT2D eigenvalue weighted by molar-refractivity contribution is -0.138. The highest BCUT2D eigenvalue weighted by molar-refractivity contribution is 5.69. The van der Waals surface area contributed by atoms with Crippen molar-refractivity contribution in [2.45, 2.75) is 32.0 Å². The van der Waals surface area contributed by atoms with Gasteiger partial charge in [-0.3, -0.25) is 4.79 Å². The number of carbonyl (C=O) groups is 1. The molecule has 0 radical (unpaired) electrons. The topological polar surface area (TPSA) is 67.8 Å². The van der Waals surface area contributed by atoms with Gasteiger partial charge in [0.1, 0.15) is 29.7 Å². The molecule has 5 nitrogen and oxygen atoms in total. The molecule has 0 bridgehead atoms. The lowest BCUT2D eigenvalue weighted by Crippen LogP contribution is -2.24. The van der Waals surface area contributed by atoms with Gasteiger partial charge in [0.15, 0.2) is 0 Å². The van der Waals surface area contributed by atoms with Crippen molar-refractivity contribution in [3.63, 3.8) is 0 Å². The molecule has 10 heteroatoms. The van der Waals surface area contributed by atoms with E-state index < -0.39 is 29.3 Å². The lowest BCUT2D eigenvalue weighted by atomic mass is 9.98. The van der Waals surface area contributed by atoms with Crippen molar-refractivity contribution in [1.29, 1.82) is 0 Å². The molecular formula is C27H26F5NO4. The molecule has 2 N–H and O–H groups in total. The Balaban J connectivity index is 1.75. The van der Waals surface area contributed by atoms with E-state index in [1.165, 1.54) is 37.4 Å². The van der Waals surface area contributed by atoms with Gasteiger partial charge in [-0.05, 0) is 78.1 Å². The van der Waals surface area contributed by atoms with E-state index in [4.69, 9.17) is 14.6 Å². The monoisotopic (exact) mass is 523 g/mol. The quantitative estimate of drug-likeness (QED) is 0.225. The van der Waals surface area contributed by atoms with E-state index in [1.807, 2.05) is 0 Å². The molecule has 0 aromatic heterocycles. The first-order chi connectivity index (χ1) is 17.5. The summed E-state index contributed by atoms with van der Waals surface area (Å²) in [6.45, 7) is 2.07. The third-order valence-corrected chi connectivity index (χ3v) is 5.67. The number of benzene rings is 3. The number of carboxylic acid groups (broad SMARTS) is 1. The van der Waals surface area contributed by atoms with Crippen molar-refractivity contribution in [2.24, 2.45) is 0 Å². The number of halogens is 5. The van der Waals surface area contributed by atoms with Gasteiger partial charge in [-0.1, -0.05) is 6.07 Å². The maximum absolute atomic E-state index is 14.1. The minimum atomic E-state index is -4.65. The lowest BCUT2D eigenvalue weighted by Gasteiger charge is -2.17. The van der Waals surface area contributed by atoms with Crippen LogP contribution >= 0.6 is 0 Å². The van der Waals surface area contributed by atoms with Crippen LogP contribution in [0.15, 0.2) is 54.6 Å². The van der Waals surface area contributed by atoms with Crippen LogP contribution < -0.4 is 14.8 Å². The second-order valence-electron chi connectivity index (χ2n) is 8.39. The number of rotatable bonds is 11. The van der Waals surface area contributed by atoms with Crippen molar-refractivity contribution in [1.82, 2.24) is 5.32 Å².